The van der Waals surface area contributed by atoms with Crippen LogP contribution in [0.3, 0.4) is 0 Å². The minimum Gasteiger partial charge on any atom is -0.453 e. The molecule has 1 unspecified atom stereocenters. The smallest absolute Gasteiger partial charge is 0.199 e. The maximum Gasteiger partial charge on any atom is 0.199 e. The fourth-order valence-electron chi connectivity index (χ4n) is 1.28. The second-order valence-corrected chi connectivity index (χ2v) is 4.04. The molecule has 0 fully saturated rings. The van der Waals surface area contributed by atoms with E-state index in [1.807, 2.05) is 0 Å². The van der Waals surface area contributed by atoms with E-state index in [1.165, 1.54) is 10.9 Å². The molecule has 0 saturated carbocycles. The second kappa shape index (κ2) is 3.96. The van der Waals surface area contributed by atoms with Gasteiger partial charge in [-0.2, -0.15) is 0 Å². The van der Waals surface area contributed by atoms with Crippen LogP contribution in [0.15, 0.2) is 21.3 Å². The second-order valence-electron chi connectivity index (χ2n) is 2.94. The fourth-order valence-corrected chi connectivity index (χ4v) is 2.04. The lowest BCUT2D eigenvalue weighted by atomic mass is 10.1. The minimum atomic E-state index is -0.911. The first-order valence-electron chi connectivity index (χ1n) is 4.07. The molecule has 1 atom stereocenters. The van der Waals surface area contributed by atoms with Gasteiger partial charge in [0.05, 0.1) is 6.26 Å². The number of aromatic nitrogens is 3. The Kier molecular flexibility index (Phi) is 2.81. The van der Waals surface area contributed by atoms with Gasteiger partial charge in [-0.15, -0.1) is 5.10 Å². The Morgan fingerprint density at radius 2 is 2.40 bits per heavy atom. The maximum absolute atomic E-state index is 10.0. The normalized spacial score (nSPS) is 13.1. The first-order chi connectivity index (χ1) is 7.11. The van der Waals surface area contributed by atoms with E-state index in [9.17, 15) is 5.11 Å². The van der Waals surface area contributed by atoms with Gasteiger partial charge in [0, 0.05) is 12.6 Å². The van der Waals surface area contributed by atoms with Gasteiger partial charge in [0.2, 0.25) is 0 Å². The summed E-state index contributed by atoms with van der Waals surface area (Å²) >= 11 is 8.96. The van der Waals surface area contributed by atoms with E-state index in [0.717, 1.165) is 0 Å². The predicted octanol–water partition coefficient (Wildman–Crippen LogP) is 1.91. The zero-order valence-corrected chi connectivity index (χ0v) is 10.0. The standard InChI is InChI=1S/C8H7BrClN3O2/c1-13-5(7(9)11-12-13)6(14)4-2-3-15-8(4)10/h2-3,6,14H,1H3. The average molecular weight is 293 g/mol. The summed E-state index contributed by atoms with van der Waals surface area (Å²) in [5, 5.41) is 17.7. The number of hydrogen-bond donors (Lipinski definition) is 1. The average Bonchev–Trinajstić information content (AvgIpc) is 2.73. The largest absolute Gasteiger partial charge is 0.453 e. The highest BCUT2D eigenvalue weighted by atomic mass is 79.9. The summed E-state index contributed by atoms with van der Waals surface area (Å²) in [7, 11) is 1.68. The molecule has 0 saturated heterocycles. The predicted molar refractivity (Wildman–Crippen MR) is 56.5 cm³/mol. The van der Waals surface area contributed by atoms with E-state index in [0.29, 0.717) is 15.9 Å². The van der Waals surface area contributed by atoms with Gasteiger partial charge in [-0.05, 0) is 33.6 Å². The molecule has 0 aromatic carbocycles. The SMILES string of the molecule is Cn1nnc(Br)c1C(O)c1ccoc1Cl. The molecule has 0 aliphatic carbocycles. The van der Waals surface area contributed by atoms with Gasteiger partial charge >= 0.3 is 0 Å². The zero-order chi connectivity index (χ0) is 11.0. The summed E-state index contributed by atoms with van der Waals surface area (Å²) in [5.41, 5.74) is 1.01. The molecule has 2 heterocycles. The maximum atomic E-state index is 10.0. The van der Waals surface area contributed by atoms with E-state index in [4.69, 9.17) is 16.0 Å². The lowest BCUT2D eigenvalue weighted by Crippen LogP contribution is -2.06. The Bertz CT molecular complexity index is 462. The summed E-state index contributed by atoms with van der Waals surface area (Å²) in [6.45, 7) is 0. The van der Waals surface area contributed by atoms with Gasteiger partial charge < -0.3 is 9.52 Å². The van der Waals surface area contributed by atoms with Crippen LogP contribution in [0, 0.1) is 0 Å². The molecule has 0 aliphatic rings. The lowest BCUT2D eigenvalue weighted by molar-refractivity contribution is 0.208. The van der Waals surface area contributed by atoms with Crippen molar-refractivity contribution in [3.63, 3.8) is 0 Å². The molecule has 80 valence electrons. The highest BCUT2D eigenvalue weighted by Crippen LogP contribution is 2.31. The molecule has 2 aromatic rings. The molecular formula is C8H7BrClN3O2. The van der Waals surface area contributed by atoms with Crippen molar-refractivity contribution >= 4 is 27.5 Å². The van der Waals surface area contributed by atoms with Crippen LogP contribution >= 0.6 is 27.5 Å². The van der Waals surface area contributed by atoms with E-state index in [1.54, 1.807) is 13.1 Å². The molecule has 7 heteroatoms. The Morgan fingerprint density at radius 3 is 2.87 bits per heavy atom. The molecule has 0 aliphatic heterocycles. The Balaban J connectivity index is 2.45. The molecule has 2 aromatic heterocycles. The van der Waals surface area contributed by atoms with Crippen molar-refractivity contribution < 1.29 is 9.52 Å². The van der Waals surface area contributed by atoms with Crippen LogP contribution in [0.1, 0.15) is 17.4 Å². The number of aliphatic hydroxyl groups is 1. The summed E-state index contributed by atoms with van der Waals surface area (Å²) in [6, 6.07) is 1.60. The van der Waals surface area contributed by atoms with Crippen molar-refractivity contribution in [2.45, 2.75) is 6.10 Å². The number of nitrogens with zero attached hydrogens (tertiary/aromatic N) is 3. The number of rotatable bonds is 2. The number of aliphatic hydroxyl groups excluding tert-OH is 1. The monoisotopic (exact) mass is 291 g/mol. The highest BCUT2D eigenvalue weighted by molar-refractivity contribution is 9.10. The molecule has 5 nitrogen and oxygen atoms in total. The topological polar surface area (TPSA) is 64.1 Å². The van der Waals surface area contributed by atoms with Gasteiger partial charge in [-0.25, -0.2) is 4.68 Å². The van der Waals surface area contributed by atoms with Gasteiger partial charge in [0.15, 0.2) is 9.82 Å². The minimum absolute atomic E-state index is 0.163. The first kappa shape index (κ1) is 10.7. The third-order valence-corrected chi connectivity index (χ3v) is 2.90. The molecule has 0 amide bonds. The van der Waals surface area contributed by atoms with E-state index in [-0.39, 0.29) is 5.22 Å². The summed E-state index contributed by atoms with van der Waals surface area (Å²) in [6.07, 6.45) is 0.504. The first-order valence-corrected chi connectivity index (χ1v) is 5.24. The van der Waals surface area contributed by atoms with E-state index in [2.05, 4.69) is 26.2 Å². The van der Waals surface area contributed by atoms with Gasteiger partial charge in [-0.1, -0.05) is 5.21 Å². The van der Waals surface area contributed by atoms with Crippen LogP contribution in [-0.4, -0.2) is 20.1 Å². The molecule has 0 radical (unpaired) electrons. The molecule has 2 rings (SSSR count). The van der Waals surface area contributed by atoms with Crippen LogP contribution in [0.25, 0.3) is 0 Å². The summed E-state index contributed by atoms with van der Waals surface area (Å²) in [5.74, 6) is 0. The number of hydrogen-bond acceptors (Lipinski definition) is 4. The Labute approximate surface area is 98.8 Å². The third-order valence-electron chi connectivity index (χ3n) is 2.03. The number of furan rings is 1. The van der Waals surface area contributed by atoms with Crippen LogP contribution in [0.5, 0.6) is 0 Å². The number of aryl methyl sites for hydroxylation is 1. The molecule has 15 heavy (non-hydrogen) atoms. The molecule has 0 bridgehead atoms. The van der Waals surface area contributed by atoms with Crippen molar-refractivity contribution in [1.29, 1.82) is 0 Å². The molecule has 1 N–H and O–H groups in total. The Hall–Kier alpha value is -0.850. The lowest BCUT2D eigenvalue weighted by Gasteiger charge is -2.08. The molecule has 0 spiro atoms. The van der Waals surface area contributed by atoms with Crippen molar-refractivity contribution in [3.8, 4) is 0 Å². The fraction of sp³-hybridized carbons (Fsp3) is 0.250. The van der Waals surface area contributed by atoms with E-state index < -0.39 is 6.10 Å². The van der Waals surface area contributed by atoms with Gasteiger partial charge in [0.1, 0.15) is 11.8 Å². The molecular weight excluding hydrogens is 285 g/mol. The number of halogens is 2. The van der Waals surface area contributed by atoms with E-state index >= 15 is 0 Å². The van der Waals surface area contributed by atoms with Gasteiger partial charge in [0.25, 0.3) is 0 Å². The zero-order valence-electron chi connectivity index (χ0n) is 7.69. The van der Waals surface area contributed by atoms with Crippen molar-refractivity contribution in [1.82, 2.24) is 15.0 Å². The van der Waals surface area contributed by atoms with Crippen LogP contribution < -0.4 is 0 Å². The quantitative estimate of drug-likeness (QED) is 0.918. The van der Waals surface area contributed by atoms with Crippen molar-refractivity contribution in [2.24, 2.45) is 7.05 Å². The van der Waals surface area contributed by atoms with Crippen molar-refractivity contribution in [2.75, 3.05) is 0 Å². The summed E-state index contributed by atoms with van der Waals surface area (Å²) in [4.78, 5) is 0. The van der Waals surface area contributed by atoms with Crippen LogP contribution in [-0.2, 0) is 7.05 Å². The van der Waals surface area contributed by atoms with Crippen LogP contribution in [0.4, 0.5) is 0 Å². The summed E-state index contributed by atoms with van der Waals surface area (Å²) < 4.78 is 6.86. The highest BCUT2D eigenvalue weighted by Gasteiger charge is 2.22. The van der Waals surface area contributed by atoms with Crippen LogP contribution in [0.2, 0.25) is 5.22 Å². The van der Waals surface area contributed by atoms with Crippen molar-refractivity contribution in [3.05, 3.63) is 33.4 Å². The third kappa shape index (κ3) is 1.80. The Morgan fingerprint density at radius 1 is 1.67 bits per heavy atom. The van der Waals surface area contributed by atoms with Gasteiger partial charge in [-0.3, -0.25) is 0 Å².